The van der Waals surface area contributed by atoms with Crippen molar-refractivity contribution in [2.75, 3.05) is 5.32 Å². The van der Waals surface area contributed by atoms with Gasteiger partial charge in [0.05, 0.1) is 0 Å². The lowest BCUT2D eigenvalue weighted by atomic mass is 10.1. The summed E-state index contributed by atoms with van der Waals surface area (Å²) >= 11 is 3.46. The third-order valence-corrected chi connectivity index (χ3v) is 3.65. The van der Waals surface area contributed by atoms with Crippen LogP contribution in [0.5, 0.6) is 0 Å². The lowest BCUT2D eigenvalue weighted by Crippen LogP contribution is -1.89. The van der Waals surface area contributed by atoms with Gasteiger partial charge in [-0.15, -0.1) is 0 Å². The van der Waals surface area contributed by atoms with E-state index < -0.39 is 0 Å². The first-order chi connectivity index (χ1) is 9.81. The number of hydrogen-bond acceptors (Lipinski definition) is 1. The predicted octanol–water partition coefficient (Wildman–Crippen LogP) is 5.86. The lowest BCUT2D eigenvalue weighted by Gasteiger charge is -2.07. The quantitative estimate of drug-likeness (QED) is 0.636. The van der Waals surface area contributed by atoms with Crippen LogP contribution in [0, 0.1) is 0 Å². The van der Waals surface area contributed by atoms with Crippen LogP contribution >= 0.6 is 15.9 Å². The Kier molecular flexibility index (Phi) is 3.84. The van der Waals surface area contributed by atoms with Gasteiger partial charge in [-0.3, -0.25) is 0 Å². The van der Waals surface area contributed by atoms with Crippen molar-refractivity contribution < 1.29 is 0 Å². The van der Waals surface area contributed by atoms with Gasteiger partial charge in [0.25, 0.3) is 0 Å². The number of nitrogens with one attached hydrogen (secondary N) is 1. The van der Waals surface area contributed by atoms with Crippen molar-refractivity contribution in [1.29, 1.82) is 0 Å². The highest BCUT2D eigenvalue weighted by Gasteiger charge is 1.98. The van der Waals surface area contributed by atoms with Crippen molar-refractivity contribution in [2.24, 2.45) is 0 Å². The van der Waals surface area contributed by atoms with Crippen LogP contribution < -0.4 is 5.32 Å². The fraction of sp³-hybridized carbons (Fsp3) is 0. The normalized spacial score (nSPS) is 10.2. The SMILES string of the molecule is Brc1ccc(-c2ccc(Nc3ccccc3)cc2)cc1. The number of rotatable bonds is 3. The van der Waals surface area contributed by atoms with Crippen molar-refractivity contribution in [2.45, 2.75) is 0 Å². The fourth-order valence-electron chi connectivity index (χ4n) is 2.08. The average Bonchev–Trinajstić information content (AvgIpc) is 2.50. The second kappa shape index (κ2) is 5.93. The molecule has 1 nitrogen and oxygen atoms in total. The van der Waals surface area contributed by atoms with E-state index in [4.69, 9.17) is 0 Å². The highest BCUT2D eigenvalue weighted by Crippen LogP contribution is 2.24. The van der Waals surface area contributed by atoms with Crippen molar-refractivity contribution in [3.63, 3.8) is 0 Å². The monoisotopic (exact) mass is 323 g/mol. The Morgan fingerprint density at radius 1 is 0.550 bits per heavy atom. The summed E-state index contributed by atoms with van der Waals surface area (Å²) in [7, 11) is 0. The Labute approximate surface area is 127 Å². The molecular weight excluding hydrogens is 310 g/mol. The van der Waals surface area contributed by atoms with Crippen LogP contribution in [0.4, 0.5) is 11.4 Å². The van der Waals surface area contributed by atoms with E-state index in [1.54, 1.807) is 0 Å². The van der Waals surface area contributed by atoms with Gasteiger partial charge in [-0.25, -0.2) is 0 Å². The fourth-order valence-corrected chi connectivity index (χ4v) is 2.34. The van der Waals surface area contributed by atoms with Crippen molar-refractivity contribution in [3.8, 4) is 11.1 Å². The van der Waals surface area contributed by atoms with E-state index in [2.05, 4.69) is 81.9 Å². The maximum atomic E-state index is 3.46. The molecule has 0 fully saturated rings. The topological polar surface area (TPSA) is 12.0 Å². The molecule has 0 unspecified atom stereocenters. The molecule has 1 N–H and O–H groups in total. The summed E-state index contributed by atoms with van der Waals surface area (Å²) in [4.78, 5) is 0. The zero-order chi connectivity index (χ0) is 13.8. The zero-order valence-corrected chi connectivity index (χ0v) is 12.5. The Bertz CT molecular complexity index is 673. The number of hydrogen-bond donors (Lipinski definition) is 1. The van der Waals surface area contributed by atoms with Gasteiger partial charge in [0.15, 0.2) is 0 Å². The second-order valence-corrected chi connectivity index (χ2v) is 5.49. The molecule has 0 heterocycles. The minimum absolute atomic E-state index is 1.09. The summed E-state index contributed by atoms with van der Waals surface area (Å²) in [6.45, 7) is 0. The summed E-state index contributed by atoms with van der Waals surface area (Å²) in [5.41, 5.74) is 4.64. The van der Waals surface area contributed by atoms with E-state index in [0.29, 0.717) is 0 Å². The van der Waals surface area contributed by atoms with E-state index in [-0.39, 0.29) is 0 Å². The van der Waals surface area contributed by atoms with Crippen LogP contribution in [0.15, 0.2) is 83.3 Å². The van der Waals surface area contributed by atoms with Crippen molar-refractivity contribution in [3.05, 3.63) is 83.3 Å². The molecular formula is C18H14BrN. The second-order valence-electron chi connectivity index (χ2n) is 4.58. The largest absolute Gasteiger partial charge is 0.356 e. The molecule has 3 aromatic carbocycles. The smallest absolute Gasteiger partial charge is 0.0384 e. The Hall–Kier alpha value is -2.06. The molecule has 0 aliphatic carbocycles. The molecule has 98 valence electrons. The van der Waals surface area contributed by atoms with Crippen LogP contribution in [0.1, 0.15) is 0 Å². The summed E-state index contributed by atoms with van der Waals surface area (Å²) in [5.74, 6) is 0. The van der Waals surface area contributed by atoms with Crippen LogP contribution in [-0.4, -0.2) is 0 Å². The zero-order valence-electron chi connectivity index (χ0n) is 10.9. The van der Waals surface area contributed by atoms with E-state index in [0.717, 1.165) is 15.8 Å². The maximum Gasteiger partial charge on any atom is 0.0384 e. The van der Waals surface area contributed by atoms with Crippen molar-refractivity contribution in [1.82, 2.24) is 0 Å². The summed E-state index contributed by atoms with van der Waals surface area (Å²) < 4.78 is 1.10. The molecule has 20 heavy (non-hydrogen) atoms. The van der Waals surface area contributed by atoms with Gasteiger partial charge in [-0.1, -0.05) is 58.4 Å². The molecule has 0 saturated carbocycles. The standard InChI is InChI=1S/C18H14BrN/c19-16-10-6-14(7-11-16)15-8-12-18(13-9-15)20-17-4-2-1-3-5-17/h1-13,20H. The minimum atomic E-state index is 1.09. The van der Waals surface area contributed by atoms with E-state index in [1.165, 1.54) is 11.1 Å². The van der Waals surface area contributed by atoms with Gasteiger partial charge in [0.1, 0.15) is 0 Å². The van der Waals surface area contributed by atoms with E-state index in [1.807, 2.05) is 18.2 Å². The Morgan fingerprint density at radius 2 is 1.05 bits per heavy atom. The number of halogens is 1. The molecule has 3 aromatic rings. The van der Waals surface area contributed by atoms with Gasteiger partial charge < -0.3 is 5.32 Å². The maximum absolute atomic E-state index is 3.46. The lowest BCUT2D eigenvalue weighted by molar-refractivity contribution is 1.54. The van der Waals surface area contributed by atoms with Gasteiger partial charge in [0.2, 0.25) is 0 Å². The van der Waals surface area contributed by atoms with Crippen molar-refractivity contribution >= 4 is 27.3 Å². The molecule has 0 spiro atoms. The van der Waals surface area contributed by atoms with Crippen LogP contribution in [-0.2, 0) is 0 Å². The summed E-state index contributed by atoms with van der Waals surface area (Å²) in [5, 5.41) is 3.38. The predicted molar refractivity (Wildman–Crippen MR) is 89.3 cm³/mol. The summed E-state index contributed by atoms with van der Waals surface area (Å²) in [6, 6.07) is 27.0. The first kappa shape index (κ1) is 12.9. The molecule has 0 bridgehead atoms. The molecule has 0 aliphatic rings. The van der Waals surface area contributed by atoms with Gasteiger partial charge in [-0.2, -0.15) is 0 Å². The highest BCUT2D eigenvalue weighted by molar-refractivity contribution is 9.10. The molecule has 0 radical (unpaired) electrons. The molecule has 0 amide bonds. The van der Waals surface area contributed by atoms with Gasteiger partial charge in [-0.05, 0) is 47.5 Å². The molecule has 2 heteroatoms. The van der Waals surface area contributed by atoms with Crippen LogP contribution in [0.25, 0.3) is 11.1 Å². The minimum Gasteiger partial charge on any atom is -0.356 e. The average molecular weight is 324 g/mol. The van der Waals surface area contributed by atoms with Crippen LogP contribution in [0.3, 0.4) is 0 Å². The number of benzene rings is 3. The molecule has 0 saturated heterocycles. The molecule has 3 rings (SSSR count). The van der Waals surface area contributed by atoms with Gasteiger partial charge in [0, 0.05) is 15.8 Å². The molecule has 0 aliphatic heterocycles. The van der Waals surface area contributed by atoms with Gasteiger partial charge >= 0.3 is 0 Å². The molecule has 0 aromatic heterocycles. The number of para-hydroxylation sites is 1. The van der Waals surface area contributed by atoms with E-state index in [9.17, 15) is 0 Å². The Balaban J connectivity index is 1.79. The third-order valence-electron chi connectivity index (χ3n) is 3.12. The third kappa shape index (κ3) is 3.09. The number of anilines is 2. The first-order valence-corrected chi connectivity index (χ1v) is 7.29. The van der Waals surface area contributed by atoms with E-state index >= 15 is 0 Å². The van der Waals surface area contributed by atoms with Crippen LogP contribution in [0.2, 0.25) is 0 Å². The highest BCUT2D eigenvalue weighted by atomic mass is 79.9. The summed E-state index contributed by atoms with van der Waals surface area (Å²) in [6.07, 6.45) is 0. The molecule has 0 atom stereocenters. The first-order valence-electron chi connectivity index (χ1n) is 6.49. The Morgan fingerprint density at radius 3 is 1.65 bits per heavy atom.